The third-order valence-corrected chi connectivity index (χ3v) is 4.99. The van der Waals surface area contributed by atoms with E-state index in [9.17, 15) is 9.59 Å². The van der Waals surface area contributed by atoms with Crippen molar-refractivity contribution in [1.82, 2.24) is 10.2 Å². The zero-order chi connectivity index (χ0) is 17.1. The molecule has 130 valence electrons. The molecule has 1 heterocycles. The molecule has 3 rings (SSSR count). The molecular weight excluding hydrogens is 304 g/mol. The molecule has 2 amide bonds. The quantitative estimate of drug-likeness (QED) is 0.870. The van der Waals surface area contributed by atoms with Gasteiger partial charge in [0.25, 0.3) is 0 Å². The van der Waals surface area contributed by atoms with E-state index < -0.39 is 0 Å². The summed E-state index contributed by atoms with van der Waals surface area (Å²) in [5, 5.41) is 3.00. The van der Waals surface area contributed by atoms with Crippen LogP contribution in [0.3, 0.4) is 0 Å². The lowest BCUT2D eigenvalue weighted by atomic mass is 9.88. The third-order valence-electron chi connectivity index (χ3n) is 4.99. The van der Waals surface area contributed by atoms with E-state index in [-0.39, 0.29) is 29.6 Å². The number of carbonyl (C=O) groups excluding carboxylic acids is 2. The fourth-order valence-electron chi connectivity index (χ4n) is 3.41. The topological polar surface area (TPSA) is 58.6 Å². The van der Waals surface area contributed by atoms with E-state index >= 15 is 0 Å². The number of carbonyl (C=O) groups is 2. The Kier molecular flexibility index (Phi) is 5.07. The molecule has 0 aromatic heterocycles. The minimum absolute atomic E-state index is 0.0514. The molecule has 1 aliphatic heterocycles. The van der Waals surface area contributed by atoms with Gasteiger partial charge in [0.1, 0.15) is 5.75 Å². The molecule has 2 unspecified atom stereocenters. The third kappa shape index (κ3) is 3.55. The first-order chi connectivity index (χ1) is 11.6. The Labute approximate surface area is 143 Å². The molecule has 5 heteroatoms. The van der Waals surface area contributed by atoms with Crippen molar-refractivity contribution in [2.24, 2.45) is 11.8 Å². The summed E-state index contributed by atoms with van der Waals surface area (Å²) in [5.41, 5.74) is 1.10. The molecule has 24 heavy (non-hydrogen) atoms. The fourth-order valence-corrected chi connectivity index (χ4v) is 3.41. The number of likely N-dealkylation sites (tertiary alicyclic amines) is 1. The number of nitrogens with one attached hydrogen (secondary N) is 1. The van der Waals surface area contributed by atoms with Crippen molar-refractivity contribution in [2.45, 2.75) is 32.1 Å². The summed E-state index contributed by atoms with van der Waals surface area (Å²) in [7, 11) is 1.64. The summed E-state index contributed by atoms with van der Waals surface area (Å²) in [5.74, 6) is 1.15. The van der Waals surface area contributed by atoms with Crippen LogP contribution in [0.1, 0.15) is 37.7 Å². The van der Waals surface area contributed by atoms with Crippen molar-refractivity contribution in [3.8, 4) is 5.75 Å². The van der Waals surface area contributed by atoms with Gasteiger partial charge in [0, 0.05) is 31.5 Å². The van der Waals surface area contributed by atoms with Crippen molar-refractivity contribution < 1.29 is 14.3 Å². The first-order valence-corrected chi connectivity index (χ1v) is 8.84. The highest BCUT2D eigenvalue weighted by Crippen LogP contribution is 2.38. The predicted molar refractivity (Wildman–Crippen MR) is 91.8 cm³/mol. The second kappa shape index (κ2) is 7.24. The molecule has 2 aliphatic rings. The van der Waals surface area contributed by atoms with E-state index in [1.165, 1.54) is 0 Å². The molecule has 1 saturated heterocycles. The number of benzene rings is 1. The number of methoxy groups -OCH3 is 1. The van der Waals surface area contributed by atoms with Crippen molar-refractivity contribution in [1.29, 1.82) is 0 Å². The van der Waals surface area contributed by atoms with Crippen molar-refractivity contribution >= 4 is 11.8 Å². The van der Waals surface area contributed by atoms with E-state index in [1.807, 2.05) is 36.1 Å². The Balaban J connectivity index is 1.78. The summed E-state index contributed by atoms with van der Waals surface area (Å²) in [4.78, 5) is 26.9. The Bertz CT molecular complexity index is 595. The second-order valence-corrected chi connectivity index (χ2v) is 6.79. The zero-order valence-corrected chi connectivity index (χ0v) is 14.5. The molecular formula is C19H26N2O3. The smallest absolute Gasteiger partial charge is 0.225 e. The van der Waals surface area contributed by atoms with Crippen LogP contribution in [0, 0.1) is 11.8 Å². The fraction of sp³-hybridized carbons (Fsp3) is 0.579. The number of hydrogen-bond acceptors (Lipinski definition) is 3. The number of ether oxygens (including phenoxy) is 1. The maximum atomic E-state index is 12.6. The second-order valence-electron chi connectivity index (χ2n) is 6.79. The molecule has 5 nitrogen and oxygen atoms in total. The monoisotopic (exact) mass is 330 g/mol. The van der Waals surface area contributed by atoms with Crippen LogP contribution >= 0.6 is 0 Å². The van der Waals surface area contributed by atoms with Gasteiger partial charge in [-0.1, -0.05) is 19.1 Å². The molecule has 2 atom stereocenters. The Morgan fingerprint density at radius 2 is 1.92 bits per heavy atom. The lowest BCUT2D eigenvalue weighted by Crippen LogP contribution is -2.36. The van der Waals surface area contributed by atoms with Crippen molar-refractivity contribution in [3.05, 3.63) is 29.8 Å². The first kappa shape index (κ1) is 16.8. The normalized spacial score (nSPS) is 23.2. The first-order valence-electron chi connectivity index (χ1n) is 8.84. The maximum absolute atomic E-state index is 12.6. The molecule has 1 aliphatic carbocycles. The van der Waals surface area contributed by atoms with Gasteiger partial charge < -0.3 is 15.0 Å². The highest BCUT2D eigenvalue weighted by Gasteiger charge is 2.43. The zero-order valence-electron chi connectivity index (χ0n) is 14.5. The average Bonchev–Trinajstić information content (AvgIpc) is 3.37. The number of rotatable bonds is 6. The molecule has 1 aromatic rings. The lowest BCUT2D eigenvalue weighted by molar-refractivity contribution is -0.132. The summed E-state index contributed by atoms with van der Waals surface area (Å²) in [6.45, 7) is 3.88. The molecule has 1 N–H and O–H groups in total. The van der Waals surface area contributed by atoms with Crippen LogP contribution in [0.5, 0.6) is 5.75 Å². The highest BCUT2D eigenvalue weighted by atomic mass is 16.5. The van der Waals surface area contributed by atoms with Gasteiger partial charge in [-0.05, 0) is 37.0 Å². The van der Waals surface area contributed by atoms with Crippen molar-refractivity contribution in [2.75, 3.05) is 26.7 Å². The van der Waals surface area contributed by atoms with Crippen molar-refractivity contribution in [3.63, 3.8) is 0 Å². The van der Waals surface area contributed by atoms with Crippen LogP contribution in [0.25, 0.3) is 0 Å². The highest BCUT2D eigenvalue weighted by molar-refractivity contribution is 5.85. The number of hydrogen-bond donors (Lipinski definition) is 1. The SMILES string of the molecule is CCCNC(=O)C1CN(C(=O)C2CC2)CC1c1ccc(OC)cc1. The minimum atomic E-state index is -0.173. The Hall–Kier alpha value is -2.04. The van der Waals surface area contributed by atoms with Gasteiger partial charge in [-0.3, -0.25) is 9.59 Å². The summed E-state index contributed by atoms with van der Waals surface area (Å²) in [6.07, 6.45) is 2.90. The van der Waals surface area contributed by atoms with Crippen LogP contribution in [0.15, 0.2) is 24.3 Å². The van der Waals surface area contributed by atoms with Gasteiger partial charge in [0.05, 0.1) is 13.0 Å². The van der Waals surface area contributed by atoms with Gasteiger partial charge in [-0.25, -0.2) is 0 Å². The van der Waals surface area contributed by atoms with E-state index in [2.05, 4.69) is 5.32 Å². The van der Waals surface area contributed by atoms with E-state index in [1.54, 1.807) is 7.11 Å². The van der Waals surface area contributed by atoms with Gasteiger partial charge in [0.2, 0.25) is 11.8 Å². The molecule has 1 aromatic carbocycles. The largest absolute Gasteiger partial charge is 0.497 e. The van der Waals surface area contributed by atoms with Gasteiger partial charge in [-0.15, -0.1) is 0 Å². The molecule has 0 bridgehead atoms. The van der Waals surface area contributed by atoms with Crippen LogP contribution in [0.4, 0.5) is 0 Å². The van der Waals surface area contributed by atoms with Crippen LogP contribution in [0.2, 0.25) is 0 Å². The lowest BCUT2D eigenvalue weighted by Gasteiger charge is -2.18. The summed E-state index contributed by atoms with van der Waals surface area (Å²) < 4.78 is 5.21. The van der Waals surface area contributed by atoms with Gasteiger partial charge in [-0.2, -0.15) is 0 Å². The van der Waals surface area contributed by atoms with E-state index in [0.717, 1.165) is 30.6 Å². The standard InChI is InChI=1S/C19H26N2O3/c1-3-10-20-18(22)17-12-21(19(23)14-4-5-14)11-16(17)13-6-8-15(24-2)9-7-13/h6-9,14,16-17H,3-5,10-12H2,1-2H3,(H,20,22). The molecule has 0 radical (unpaired) electrons. The molecule has 2 fully saturated rings. The minimum Gasteiger partial charge on any atom is -0.497 e. The number of amides is 2. The van der Waals surface area contributed by atoms with Crippen LogP contribution in [-0.4, -0.2) is 43.5 Å². The Morgan fingerprint density at radius 3 is 2.50 bits per heavy atom. The van der Waals surface area contributed by atoms with E-state index in [0.29, 0.717) is 19.6 Å². The molecule has 1 saturated carbocycles. The summed E-state index contributed by atoms with van der Waals surface area (Å²) >= 11 is 0. The number of nitrogens with zero attached hydrogens (tertiary/aromatic N) is 1. The predicted octanol–water partition coefficient (Wildman–Crippen LogP) is 2.17. The maximum Gasteiger partial charge on any atom is 0.225 e. The van der Waals surface area contributed by atoms with Crippen LogP contribution in [-0.2, 0) is 9.59 Å². The van der Waals surface area contributed by atoms with Gasteiger partial charge >= 0.3 is 0 Å². The summed E-state index contributed by atoms with van der Waals surface area (Å²) in [6, 6.07) is 7.85. The average molecular weight is 330 g/mol. The van der Waals surface area contributed by atoms with E-state index in [4.69, 9.17) is 4.74 Å². The molecule has 0 spiro atoms. The van der Waals surface area contributed by atoms with Crippen LogP contribution < -0.4 is 10.1 Å². The van der Waals surface area contributed by atoms with Gasteiger partial charge in [0.15, 0.2) is 0 Å². The Morgan fingerprint density at radius 1 is 1.21 bits per heavy atom.